The molecule has 8 aromatic rings. The SMILES string of the molecule is C1=CC2Oc3cc(-c4nc(-c5ccccc5)nc(-c5cccc6c5oc5cc(C7CC=Cc8c7oc7ccccc87)ccc56)n4)ccc3C2C=C1. The fraction of sp³-hybridized carbons (Fsp3) is 0.0889. The lowest BCUT2D eigenvalue weighted by molar-refractivity contribution is 0.269. The average molecular weight is 660 g/mol. The first-order chi connectivity index (χ1) is 25.2. The monoisotopic (exact) mass is 659 g/mol. The van der Waals surface area contributed by atoms with Gasteiger partial charge in [-0.15, -0.1) is 0 Å². The van der Waals surface area contributed by atoms with Crippen LogP contribution < -0.4 is 4.74 Å². The van der Waals surface area contributed by atoms with Crippen molar-refractivity contribution in [2.45, 2.75) is 24.4 Å². The molecule has 2 aliphatic carbocycles. The summed E-state index contributed by atoms with van der Waals surface area (Å²) in [7, 11) is 0. The standard InChI is InChI=1S/C45H29N3O3/c1-2-10-26(11-3-1)43-46-44(28-21-23-32-30-12-4-6-18-37(30)49-39(32)25-28)48-45(47-43)36-17-9-16-35-33-22-20-27(24-40(33)51-42(35)36)29-14-8-15-34-31-13-5-7-19-38(31)50-41(29)34/h1-13,15-25,29-30,37H,14H2. The molecule has 0 amide bonds. The summed E-state index contributed by atoms with van der Waals surface area (Å²) in [6.07, 6.45) is 13.7. The topological polar surface area (TPSA) is 74.2 Å². The Morgan fingerprint density at radius 1 is 0.608 bits per heavy atom. The first-order valence-corrected chi connectivity index (χ1v) is 17.4. The van der Waals surface area contributed by atoms with Crippen LogP contribution in [0.1, 0.15) is 40.7 Å². The highest BCUT2D eigenvalue weighted by molar-refractivity contribution is 6.09. The van der Waals surface area contributed by atoms with E-state index in [1.165, 1.54) is 5.56 Å². The van der Waals surface area contributed by atoms with Crippen molar-refractivity contribution in [1.82, 2.24) is 15.0 Å². The maximum atomic E-state index is 6.74. The van der Waals surface area contributed by atoms with E-state index in [2.05, 4.69) is 85.0 Å². The van der Waals surface area contributed by atoms with Gasteiger partial charge in [0.15, 0.2) is 17.5 Å². The number of para-hydroxylation sites is 2. The zero-order chi connectivity index (χ0) is 33.5. The molecule has 0 saturated heterocycles. The average Bonchev–Trinajstić information content (AvgIpc) is 3.88. The van der Waals surface area contributed by atoms with Crippen LogP contribution in [0, 0.1) is 0 Å². The van der Waals surface area contributed by atoms with E-state index in [1.807, 2.05) is 60.7 Å². The third-order valence-corrected chi connectivity index (χ3v) is 10.4. The molecule has 51 heavy (non-hydrogen) atoms. The molecule has 3 atom stereocenters. The summed E-state index contributed by atoms with van der Waals surface area (Å²) >= 11 is 0. The fourth-order valence-electron chi connectivity index (χ4n) is 7.96. The summed E-state index contributed by atoms with van der Waals surface area (Å²) in [4.78, 5) is 15.1. The Hall–Kier alpha value is -6.53. The first-order valence-electron chi connectivity index (χ1n) is 17.4. The molecular weight excluding hydrogens is 631 g/mol. The summed E-state index contributed by atoms with van der Waals surface area (Å²) in [6.45, 7) is 0. The van der Waals surface area contributed by atoms with Crippen LogP contribution in [-0.2, 0) is 0 Å². The fourth-order valence-corrected chi connectivity index (χ4v) is 7.96. The van der Waals surface area contributed by atoms with Gasteiger partial charge in [0.25, 0.3) is 0 Å². The lowest BCUT2D eigenvalue weighted by atomic mass is 9.86. The molecular formula is C45H29N3O3. The first kappa shape index (κ1) is 28.3. The van der Waals surface area contributed by atoms with Crippen LogP contribution >= 0.6 is 0 Å². The number of ether oxygens (including phenoxy) is 1. The van der Waals surface area contributed by atoms with Gasteiger partial charge in [-0.25, -0.2) is 15.0 Å². The number of hydrogen-bond acceptors (Lipinski definition) is 6. The number of fused-ring (bicyclic) bond motifs is 9. The van der Waals surface area contributed by atoms with E-state index < -0.39 is 0 Å². The Morgan fingerprint density at radius 2 is 1.43 bits per heavy atom. The highest BCUT2D eigenvalue weighted by Gasteiger charge is 2.32. The molecule has 0 spiro atoms. The van der Waals surface area contributed by atoms with E-state index in [1.54, 1.807) is 0 Å². The van der Waals surface area contributed by atoms with Crippen molar-refractivity contribution in [2.75, 3.05) is 0 Å². The van der Waals surface area contributed by atoms with Crippen molar-refractivity contribution in [3.8, 4) is 39.9 Å². The van der Waals surface area contributed by atoms with Gasteiger partial charge in [-0.05, 0) is 42.3 Å². The van der Waals surface area contributed by atoms with Crippen molar-refractivity contribution in [1.29, 1.82) is 0 Å². The van der Waals surface area contributed by atoms with Gasteiger partial charge in [0.05, 0.1) is 5.56 Å². The van der Waals surface area contributed by atoms with Crippen LogP contribution in [-0.4, -0.2) is 21.1 Å². The number of allylic oxidation sites excluding steroid dienone is 3. The second kappa shape index (κ2) is 11.0. The molecule has 0 N–H and O–H groups in total. The van der Waals surface area contributed by atoms with Gasteiger partial charge in [-0.1, -0.05) is 115 Å². The molecule has 3 unspecified atom stereocenters. The molecule has 0 radical (unpaired) electrons. The summed E-state index contributed by atoms with van der Waals surface area (Å²) in [5, 5.41) is 3.21. The second-order valence-electron chi connectivity index (χ2n) is 13.4. The molecule has 3 aliphatic rings. The number of aromatic nitrogens is 3. The zero-order valence-electron chi connectivity index (χ0n) is 27.4. The van der Waals surface area contributed by atoms with Crippen LogP contribution in [0.5, 0.6) is 5.75 Å². The van der Waals surface area contributed by atoms with Gasteiger partial charge >= 0.3 is 0 Å². The number of furan rings is 2. The Labute approximate surface area is 293 Å². The van der Waals surface area contributed by atoms with E-state index in [9.17, 15) is 0 Å². The molecule has 5 aromatic carbocycles. The predicted octanol–water partition coefficient (Wildman–Crippen LogP) is 11.0. The smallest absolute Gasteiger partial charge is 0.167 e. The van der Waals surface area contributed by atoms with Crippen molar-refractivity contribution >= 4 is 39.0 Å². The molecule has 0 fully saturated rings. The number of nitrogens with zero attached hydrogens (tertiary/aromatic N) is 3. The van der Waals surface area contributed by atoms with Gasteiger partial charge in [0, 0.05) is 50.2 Å². The van der Waals surface area contributed by atoms with Crippen LogP contribution in [0.15, 0.2) is 148 Å². The summed E-state index contributed by atoms with van der Waals surface area (Å²) in [5.41, 5.74) is 8.57. The van der Waals surface area contributed by atoms with Gasteiger partial charge in [-0.3, -0.25) is 0 Å². The van der Waals surface area contributed by atoms with E-state index in [4.69, 9.17) is 28.5 Å². The van der Waals surface area contributed by atoms with Gasteiger partial charge in [0.1, 0.15) is 34.4 Å². The molecule has 0 bridgehead atoms. The summed E-state index contributed by atoms with van der Waals surface area (Å²) < 4.78 is 19.5. The van der Waals surface area contributed by atoms with Crippen LogP contribution in [0.3, 0.4) is 0 Å². The number of rotatable bonds is 4. The molecule has 6 heteroatoms. The Morgan fingerprint density at radius 3 is 2.37 bits per heavy atom. The maximum absolute atomic E-state index is 6.74. The van der Waals surface area contributed by atoms with Crippen molar-refractivity contribution in [3.63, 3.8) is 0 Å². The molecule has 1 aliphatic heterocycles. The van der Waals surface area contributed by atoms with E-state index in [-0.39, 0.29) is 17.9 Å². The highest BCUT2D eigenvalue weighted by atomic mass is 16.5. The van der Waals surface area contributed by atoms with Crippen LogP contribution in [0.25, 0.3) is 73.1 Å². The normalized spacial score (nSPS) is 18.6. The van der Waals surface area contributed by atoms with Crippen molar-refractivity contribution < 1.29 is 13.6 Å². The van der Waals surface area contributed by atoms with Gasteiger partial charge < -0.3 is 13.6 Å². The number of benzene rings is 5. The molecule has 11 rings (SSSR count). The summed E-state index contributed by atoms with van der Waals surface area (Å²) in [6, 6.07) is 37.3. The molecule has 242 valence electrons. The highest BCUT2D eigenvalue weighted by Crippen LogP contribution is 2.45. The minimum Gasteiger partial charge on any atom is -0.485 e. The Bertz CT molecular complexity index is 2790. The van der Waals surface area contributed by atoms with E-state index in [0.717, 1.165) is 78.7 Å². The van der Waals surface area contributed by atoms with Crippen LogP contribution in [0.4, 0.5) is 0 Å². The summed E-state index contributed by atoms with van der Waals surface area (Å²) in [5.74, 6) is 3.90. The zero-order valence-corrected chi connectivity index (χ0v) is 27.4. The molecule has 6 nitrogen and oxygen atoms in total. The largest absolute Gasteiger partial charge is 0.485 e. The maximum Gasteiger partial charge on any atom is 0.167 e. The third kappa shape index (κ3) is 4.46. The van der Waals surface area contributed by atoms with Crippen molar-refractivity contribution in [3.05, 3.63) is 162 Å². The lowest BCUT2D eigenvalue weighted by Gasteiger charge is -2.17. The molecule has 0 saturated carbocycles. The predicted molar refractivity (Wildman–Crippen MR) is 201 cm³/mol. The quantitative estimate of drug-likeness (QED) is 0.187. The lowest BCUT2D eigenvalue weighted by Crippen LogP contribution is -2.15. The second-order valence-corrected chi connectivity index (χ2v) is 13.4. The van der Waals surface area contributed by atoms with Gasteiger partial charge in [0.2, 0.25) is 0 Å². The minimum absolute atomic E-state index is 0.00981. The minimum atomic E-state index is 0.00981. The van der Waals surface area contributed by atoms with Crippen LogP contribution in [0.2, 0.25) is 0 Å². The number of hydrogen-bond donors (Lipinski definition) is 0. The van der Waals surface area contributed by atoms with Gasteiger partial charge in [-0.2, -0.15) is 0 Å². The molecule has 4 heterocycles. The van der Waals surface area contributed by atoms with Crippen molar-refractivity contribution in [2.24, 2.45) is 0 Å². The third-order valence-electron chi connectivity index (χ3n) is 10.4. The Kier molecular flexibility index (Phi) is 6.10. The molecule has 3 aromatic heterocycles. The van der Waals surface area contributed by atoms with E-state index in [0.29, 0.717) is 17.5 Å². The Balaban J connectivity index is 1.04. The van der Waals surface area contributed by atoms with E-state index >= 15 is 0 Å².